The third-order valence-corrected chi connectivity index (χ3v) is 3.57. The van der Waals surface area contributed by atoms with Crippen molar-refractivity contribution in [3.8, 4) is 0 Å². The summed E-state index contributed by atoms with van der Waals surface area (Å²) in [6, 6.07) is 11.0. The summed E-state index contributed by atoms with van der Waals surface area (Å²) in [4.78, 5) is 0. The van der Waals surface area contributed by atoms with Crippen molar-refractivity contribution in [3.05, 3.63) is 35.9 Å². The predicted molar refractivity (Wildman–Crippen MR) is 71.4 cm³/mol. The Morgan fingerprint density at radius 2 is 1.69 bits per heavy atom. The lowest BCUT2D eigenvalue weighted by atomic mass is 9.88. The topological polar surface area (TPSA) is 26.0 Å². The van der Waals surface area contributed by atoms with Crippen molar-refractivity contribution in [2.75, 3.05) is 0 Å². The average molecular weight is 219 g/mol. The third kappa shape index (κ3) is 4.36. The second kappa shape index (κ2) is 6.70. The third-order valence-electron chi connectivity index (χ3n) is 3.57. The van der Waals surface area contributed by atoms with E-state index in [1.54, 1.807) is 0 Å². The molecule has 2 unspecified atom stereocenters. The first-order valence-corrected chi connectivity index (χ1v) is 6.40. The van der Waals surface area contributed by atoms with Crippen LogP contribution >= 0.6 is 0 Å². The highest BCUT2D eigenvalue weighted by Crippen LogP contribution is 2.17. The van der Waals surface area contributed by atoms with Crippen LogP contribution < -0.4 is 5.73 Å². The van der Waals surface area contributed by atoms with Gasteiger partial charge in [-0.05, 0) is 36.7 Å². The van der Waals surface area contributed by atoms with Gasteiger partial charge in [0.1, 0.15) is 0 Å². The van der Waals surface area contributed by atoms with E-state index in [0.29, 0.717) is 17.9 Å². The Morgan fingerprint density at radius 3 is 2.25 bits per heavy atom. The molecule has 0 bridgehead atoms. The van der Waals surface area contributed by atoms with E-state index < -0.39 is 0 Å². The molecule has 0 spiro atoms. The molecule has 0 saturated carbocycles. The van der Waals surface area contributed by atoms with Gasteiger partial charge in [0.25, 0.3) is 0 Å². The van der Waals surface area contributed by atoms with Crippen LogP contribution in [0.5, 0.6) is 0 Å². The van der Waals surface area contributed by atoms with Crippen LogP contribution in [0.3, 0.4) is 0 Å². The first kappa shape index (κ1) is 13.2. The zero-order valence-electron chi connectivity index (χ0n) is 10.8. The van der Waals surface area contributed by atoms with E-state index in [9.17, 15) is 0 Å². The molecule has 1 nitrogen and oxygen atoms in total. The minimum atomic E-state index is 0.351. The molecule has 2 N–H and O–H groups in total. The summed E-state index contributed by atoms with van der Waals surface area (Å²) >= 11 is 0. The van der Waals surface area contributed by atoms with E-state index in [1.807, 2.05) is 0 Å². The van der Waals surface area contributed by atoms with Gasteiger partial charge in [0, 0.05) is 6.04 Å². The van der Waals surface area contributed by atoms with Crippen molar-refractivity contribution in [2.24, 2.45) is 17.6 Å². The largest absolute Gasteiger partial charge is 0.327 e. The van der Waals surface area contributed by atoms with Gasteiger partial charge in [0.15, 0.2) is 0 Å². The molecule has 0 aliphatic heterocycles. The van der Waals surface area contributed by atoms with E-state index in [-0.39, 0.29) is 0 Å². The molecule has 1 rings (SSSR count). The maximum Gasteiger partial charge on any atom is 0.00670 e. The van der Waals surface area contributed by atoms with Crippen molar-refractivity contribution < 1.29 is 0 Å². The van der Waals surface area contributed by atoms with Crippen LogP contribution in [0, 0.1) is 11.8 Å². The van der Waals surface area contributed by atoms with Gasteiger partial charge in [-0.1, -0.05) is 51.1 Å². The van der Waals surface area contributed by atoms with Gasteiger partial charge in [0.05, 0.1) is 0 Å². The fourth-order valence-electron chi connectivity index (χ4n) is 1.94. The molecule has 0 fully saturated rings. The van der Waals surface area contributed by atoms with Gasteiger partial charge in [-0.25, -0.2) is 0 Å². The molecule has 0 saturated heterocycles. The maximum absolute atomic E-state index is 6.18. The first-order chi connectivity index (χ1) is 7.61. The monoisotopic (exact) mass is 219 g/mol. The molecule has 90 valence electrons. The van der Waals surface area contributed by atoms with E-state index in [4.69, 9.17) is 5.73 Å². The standard InChI is InChI=1S/C15H25N/c1-12(2)13(3)15(16)11-7-10-14-8-5-4-6-9-14/h4-6,8-9,12-13,15H,7,10-11,16H2,1-3H3. The summed E-state index contributed by atoms with van der Waals surface area (Å²) in [6.45, 7) is 6.77. The predicted octanol–water partition coefficient (Wildman–Crippen LogP) is 3.63. The first-order valence-electron chi connectivity index (χ1n) is 6.40. The molecule has 1 heteroatoms. The van der Waals surface area contributed by atoms with Crippen molar-refractivity contribution in [1.82, 2.24) is 0 Å². The molecule has 1 aromatic carbocycles. The Bertz CT molecular complexity index is 279. The van der Waals surface area contributed by atoms with Crippen LogP contribution in [0.2, 0.25) is 0 Å². The van der Waals surface area contributed by atoms with Gasteiger partial charge < -0.3 is 5.73 Å². The molecule has 0 aliphatic carbocycles. The van der Waals surface area contributed by atoms with Crippen LogP contribution in [0.15, 0.2) is 30.3 Å². The number of benzene rings is 1. The Kier molecular flexibility index (Phi) is 5.54. The fourth-order valence-corrected chi connectivity index (χ4v) is 1.94. The number of hydrogen-bond acceptors (Lipinski definition) is 1. The number of nitrogens with two attached hydrogens (primary N) is 1. The Morgan fingerprint density at radius 1 is 1.06 bits per heavy atom. The second-order valence-corrected chi connectivity index (χ2v) is 5.14. The Hall–Kier alpha value is -0.820. The van der Waals surface area contributed by atoms with Gasteiger partial charge in [0.2, 0.25) is 0 Å². The summed E-state index contributed by atoms with van der Waals surface area (Å²) in [6.07, 6.45) is 3.48. The van der Waals surface area contributed by atoms with E-state index in [2.05, 4.69) is 51.1 Å². The van der Waals surface area contributed by atoms with E-state index in [1.165, 1.54) is 12.0 Å². The van der Waals surface area contributed by atoms with Crippen molar-refractivity contribution in [3.63, 3.8) is 0 Å². The summed E-state index contributed by atoms with van der Waals surface area (Å²) in [5.74, 6) is 1.31. The number of aryl methyl sites for hydroxylation is 1. The summed E-state index contributed by atoms with van der Waals surface area (Å²) in [7, 11) is 0. The molecule has 16 heavy (non-hydrogen) atoms. The van der Waals surface area contributed by atoms with Crippen LogP contribution in [-0.2, 0) is 6.42 Å². The number of rotatable bonds is 6. The van der Waals surface area contributed by atoms with E-state index >= 15 is 0 Å². The molecule has 1 aromatic rings. The molecule has 2 atom stereocenters. The summed E-state index contributed by atoms with van der Waals surface area (Å²) in [5, 5.41) is 0. The van der Waals surface area contributed by atoms with E-state index in [0.717, 1.165) is 12.8 Å². The lowest BCUT2D eigenvalue weighted by Gasteiger charge is -2.23. The van der Waals surface area contributed by atoms with Gasteiger partial charge in [-0.15, -0.1) is 0 Å². The second-order valence-electron chi connectivity index (χ2n) is 5.14. The normalized spacial score (nSPS) is 15.1. The maximum atomic E-state index is 6.18. The van der Waals surface area contributed by atoms with Gasteiger partial charge >= 0.3 is 0 Å². The molecule has 0 amide bonds. The lowest BCUT2D eigenvalue weighted by molar-refractivity contribution is 0.328. The fraction of sp³-hybridized carbons (Fsp3) is 0.600. The lowest BCUT2D eigenvalue weighted by Crippen LogP contribution is -2.31. The molecule has 0 aliphatic rings. The van der Waals surface area contributed by atoms with Crippen molar-refractivity contribution in [1.29, 1.82) is 0 Å². The average Bonchev–Trinajstić information content (AvgIpc) is 2.29. The minimum absolute atomic E-state index is 0.351. The number of hydrogen-bond donors (Lipinski definition) is 1. The Labute approximate surface area is 100 Å². The molecule has 0 aromatic heterocycles. The minimum Gasteiger partial charge on any atom is -0.327 e. The smallest absolute Gasteiger partial charge is 0.00670 e. The molecular formula is C15H25N. The highest BCUT2D eigenvalue weighted by atomic mass is 14.6. The molecular weight excluding hydrogens is 194 g/mol. The highest BCUT2D eigenvalue weighted by molar-refractivity contribution is 5.14. The van der Waals surface area contributed by atoms with Crippen LogP contribution in [0.4, 0.5) is 0 Å². The molecule has 0 radical (unpaired) electrons. The highest BCUT2D eigenvalue weighted by Gasteiger charge is 2.15. The van der Waals surface area contributed by atoms with Crippen molar-refractivity contribution >= 4 is 0 Å². The van der Waals surface area contributed by atoms with Crippen LogP contribution in [0.25, 0.3) is 0 Å². The van der Waals surface area contributed by atoms with Crippen molar-refractivity contribution in [2.45, 2.75) is 46.1 Å². The Balaban J connectivity index is 2.25. The summed E-state index contributed by atoms with van der Waals surface area (Å²) in [5.41, 5.74) is 7.61. The van der Waals surface area contributed by atoms with Crippen LogP contribution in [0.1, 0.15) is 39.2 Å². The zero-order chi connectivity index (χ0) is 12.0. The van der Waals surface area contributed by atoms with Gasteiger partial charge in [-0.3, -0.25) is 0 Å². The quantitative estimate of drug-likeness (QED) is 0.777. The molecule has 0 heterocycles. The summed E-state index contributed by atoms with van der Waals surface area (Å²) < 4.78 is 0. The van der Waals surface area contributed by atoms with Crippen LogP contribution in [-0.4, -0.2) is 6.04 Å². The SMILES string of the molecule is CC(C)C(C)C(N)CCCc1ccccc1. The zero-order valence-corrected chi connectivity index (χ0v) is 10.8. The van der Waals surface area contributed by atoms with Gasteiger partial charge in [-0.2, -0.15) is 0 Å².